The maximum atomic E-state index is 9.75. The summed E-state index contributed by atoms with van der Waals surface area (Å²) in [6, 6.07) is 3.97. The van der Waals surface area contributed by atoms with Crippen LogP contribution in [0.1, 0.15) is 43.2 Å². The van der Waals surface area contributed by atoms with Crippen molar-refractivity contribution in [1.82, 2.24) is 5.32 Å². The summed E-state index contributed by atoms with van der Waals surface area (Å²) in [5.41, 5.74) is 2.20. The summed E-state index contributed by atoms with van der Waals surface area (Å²) < 4.78 is 5.73. The molecule has 0 radical (unpaired) electrons. The van der Waals surface area contributed by atoms with E-state index in [-0.39, 0.29) is 12.1 Å². The van der Waals surface area contributed by atoms with Crippen molar-refractivity contribution in [3.05, 3.63) is 28.3 Å². The van der Waals surface area contributed by atoms with Gasteiger partial charge in [0.25, 0.3) is 0 Å². The van der Waals surface area contributed by atoms with E-state index in [1.165, 1.54) is 24.8 Å². The van der Waals surface area contributed by atoms with Gasteiger partial charge in [-0.2, -0.15) is 0 Å². The molecule has 20 heavy (non-hydrogen) atoms. The summed E-state index contributed by atoms with van der Waals surface area (Å²) in [7, 11) is 0. The molecule has 1 aromatic carbocycles. The molecule has 1 aliphatic heterocycles. The fourth-order valence-electron chi connectivity index (χ4n) is 3.38. The van der Waals surface area contributed by atoms with Crippen LogP contribution in [0.5, 0.6) is 5.75 Å². The first-order valence-corrected chi connectivity index (χ1v) is 7.90. The van der Waals surface area contributed by atoms with Crippen LogP contribution in [0.4, 0.5) is 0 Å². The second-order valence-corrected chi connectivity index (χ2v) is 6.44. The Bertz CT molecular complexity index is 484. The lowest BCUT2D eigenvalue weighted by atomic mass is 9.82. The van der Waals surface area contributed by atoms with Gasteiger partial charge in [-0.1, -0.05) is 30.9 Å². The minimum atomic E-state index is -0.119. The van der Waals surface area contributed by atoms with Gasteiger partial charge in [-0.05, 0) is 30.5 Å². The van der Waals surface area contributed by atoms with E-state index in [9.17, 15) is 5.11 Å². The Balaban J connectivity index is 1.75. The molecule has 1 saturated carbocycles. The molecule has 1 heterocycles. The number of ether oxygens (including phenoxy) is 1. The van der Waals surface area contributed by atoms with E-state index in [2.05, 4.69) is 5.32 Å². The highest BCUT2D eigenvalue weighted by Crippen LogP contribution is 2.34. The van der Waals surface area contributed by atoms with Gasteiger partial charge in [0, 0.05) is 29.1 Å². The van der Waals surface area contributed by atoms with Crippen LogP contribution in [-0.4, -0.2) is 23.9 Å². The Kier molecular flexibility index (Phi) is 4.20. The van der Waals surface area contributed by atoms with Crippen molar-refractivity contribution < 1.29 is 9.84 Å². The largest absolute Gasteiger partial charge is 0.493 e. The van der Waals surface area contributed by atoms with Crippen molar-refractivity contribution in [2.45, 2.75) is 50.6 Å². The molecule has 0 atom stereocenters. The number of aliphatic hydroxyl groups excluding tert-OH is 1. The van der Waals surface area contributed by atoms with Crippen molar-refractivity contribution in [1.29, 1.82) is 0 Å². The summed E-state index contributed by atoms with van der Waals surface area (Å²) in [4.78, 5) is 0. The molecular formula is C16H22ClNO2. The molecule has 3 rings (SSSR count). The van der Waals surface area contributed by atoms with Gasteiger partial charge < -0.3 is 15.2 Å². The number of nitrogens with one attached hydrogen (secondary N) is 1. The van der Waals surface area contributed by atoms with Crippen LogP contribution in [0.25, 0.3) is 0 Å². The molecule has 1 fully saturated rings. The maximum absolute atomic E-state index is 9.75. The number of hydrogen-bond acceptors (Lipinski definition) is 3. The molecule has 0 spiro atoms. The number of halogens is 1. The van der Waals surface area contributed by atoms with Crippen LogP contribution >= 0.6 is 11.6 Å². The number of hydrogen-bond donors (Lipinski definition) is 2. The molecule has 4 heteroatoms. The molecule has 3 nitrogen and oxygen atoms in total. The molecule has 0 amide bonds. The third-order valence-electron chi connectivity index (χ3n) is 4.59. The number of benzene rings is 1. The Morgan fingerprint density at radius 1 is 1.25 bits per heavy atom. The van der Waals surface area contributed by atoms with Gasteiger partial charge >= 0.3 is 0 Å². The first-order chi connectivity index (χ1) is 9.72. The Morgan fingerprint density at radius 3 is 2.80 bits per heavy atom. The van der Waals surface area contributed by atoms with Gasteiger partial charge in [-0.3, -0.25) is 0 Å². The fraction of sp³-hybridized carbons (Fsp3) is 0.625. The molecule has 1 aliphatic carbocycles. The average Bonchev–Trinajstić information content (AvgIpc) is 2.94. The molecule has 2 aliphatic rings. The first kappa shape index (κ1) is 14.2. The van der Waals surface area contributed by atoms with Gasteiger partial charge in [-0.25, -0.2) is 0 Å². The predicted molar refractivity (Wildman–Crippen MR) is 80.4 cm³/mol. The smallest absolute Gasteiger partial charge is 0.127 e. The van der Waals surface area contributed by atoms with E-state index >= 15 is 0 Å². The van der Waals surface area contributed by atoms with Gasteiger partial charge in [0.2, 0.25) is 0 Å². The van der Waals surface area contributed by atoms with Crippen LogP contribution in [0, 0.1) is 0 Å². The Morgan fingerprint density at radius 2 is 2.05 bits per heavy atom. The highest BCUT2D eigenvalue weighted by atomic mass is 35.5. The summed E-state index contributed by atoms with van der Waals surface area (Å²) in [5.74, 6) is 0.991. The lowest BCUT2D eigenvalue weighted by molar-refractivity contribution is 0.119. The van der Waals surface area contributed by atoms with E-state index in [1.54, 1.807) is 0 Å². The van der Waals surface area contributed by atoms with E-state index < -0.39 is 0 Å². The lowest BCUT2D eigenvalue weighted by Gasteiger charge is -2.37. The van der Waals surface area contributed by atoms with Crippen molar-refractivity contribution in [3.8, 4) is 5.75 Å². The third-order valence-corrected chi connectivity index (χ3v) is 4.81. The van der Waals surface area contributed by atoms with E-state index in [0.29, 0.717) is 6.54 Å². The van der Waals surface area contributed by atoms with Gasteiger partial charge in [0.15, 0.2) is 0 Å². The van der Waals surface area contributed by atoms with Crippen LogP contribution in [0.3, 0.4) is 0 Å². The Labute approximate surface area is 125 Å². The second-order valence-electron chi connectivity index (χ2n) is 6.00. The molecule has 0 aromatic heterocycles. The molecular weight excluding hydrogens is 274 g/mol. The second kappa shape index (κ2) is 5.92. The number of fused-ring (bicyclic) bond motifs is 1. The van der Waals surface area contributed by atoms with E-state index in [1.807, 2.05) is 12.1 Å². The highest BCUT2D eigenvalue weighted by Gasteiger charge is 2.31. The lowest BCUT2D eigenvalue weighted by Crippen LogP contribution is -2.49. The minimum absolute atomic E-state index is 0.119. The maximum Gasteiger partial charge on any atom is 0.127 e. The standard InChI is InChI=1S/C16H22ClNO2/c17-14-8-12-4-7-20-15(12)13(9-14)10-18-16(11-19)5-2-1-3-6-16/h8-9,18-19H,1-7,10-11H2. The molecule has 0 unspecified atom stereocenters. The van der Waals surface area contributed by atoms with Gasteiger partial charge in [0.1, 0.15) is 5.75 Å². The first-order valence-electron chi connectivity index (χ1n) is 7.52. The van der Waals surface area contributed by atoms with Gasteiger partial charge in [-0.15, -0.1) is 0 Å². The zero-order valence-corrected chi connectivity index (χ0v) is 12.5. The van der Waals surface area contributed by atoms with Crippen LogP contribution < -0.4 is 10.1 Å². The molecule has 110 valence electrons. The van der Waals surface area contributed by atoms with E-state index in [4.69, 9.17) is 16.3 Å². The quantitative estimate of drug-likeness (QED) is 0.897. The third kappa shape index (κ3) is 2.80. The minimum Gasteiger partial charge on any atom is -0.493 e. The zero-order valence-electron chi connectivity index (χ0n) is 11.8. The monoisotopic (exact) mass is 295 g/mol. The van der Waals surface area contributed by atoms with Crippen LogP contribution in [0.15, 0.2) is 12.1 Å². The van der Waals surface area contributed by atoms with Crippen molar-refractivity contribution >= 4 is 11.6 Å². The summed E-state index contributed by atoms with van der Waals surface area (Å²) in [5, 5.41) is 14.1. The summed E-state index contributed by atoms with van der Waals surface area (Å²) >= 11 is 6.19. The highest BCUT2D eigenvalue weighted by molar-refractivity contribution is 6.30. The van der Waals surface area contributed by atoms with E-state index in [0.717, 1.165) is 42.2 Å². The number of rotatable bonds is 4. The van der Waals surface area contributed by atoms with Crippen LogP contribution in [-0.2, 0) is 13.0 Å². The van der Waals surface area contributed by atoms with Crippen molar-refractivity contribution in [3.63, 3.8) is 0 Å². The molecule has 1 aromatic rings. The fourth-order valence-corrected chi connectivity index (χ4v) is 3.64. The zero-order chi connectivity index (χ0) is 14.0. The molecule has 0 saturated heterocycles. The number of aliphatic hydroxyl groups is 1. The summed E-state index contributed by atoms with van der Waals surface area (Å²) in [6.07, 6.45) is 6.70. The van der Waals surface area contributed by atoms with Gasteiger partial charge in [0.05, 0.1) is 13.2 Å². The average molecular weight is 296 g/mol. The van der Waals surface area contributed by atoms with Crippen LogP contribution in [0.2, 0.25) is 5.02 Å². The Hall–Kier alpha value is -0.770. The molecule has 0 bridgehead atoms. The SMILES string of the molecule is OCC1(NCc2cc(Cl)cc3c2OCC3)CCCCC1. The summed E-state index contributed by atoms with van der Waals surface area (Å²) in [6.45, 7) is 1.66. The normalized spacial score (nSPS) is 20.5. The van der Waals surface area contributed by atoms with Crippen molar-refractivity contribution in [2.24, 2.45) is 0 Å². The predicted octanol–water partition coefficient (Wildman–Crippen LogP) is 3.06. The topological polar surface area (TPSA) is 41.5 Å². The van der Waals surface area contributed by atoms with Crippen molar-refractivity contribution in [2.75, 3.05) is 13.2 Å². The molecule has 2 N–H and O–H groups in total.